The number of imide groups is 1. The van der Waals surface area contributed by atoms with Crippen LogP contribution in [0.25, 0.3) is 0 Å². The van der Waals surface area contributed by atoms with Crippen molar-refractivity contribution in [3.05, 3.63) is 69.6 Å². The molecule has 1 aliphatic heterocycles. The van der Waals surface area contributed by atoms with Crippen molar-refractivity contribution in [3.8, 4) is 0 Å². The van der Waals surface area contributed by atoms with E-state index in [0.717, 1.165) is 6.42 Å². The number of nitrogens with zero attached hydrogens (tertiary/aromatic N) is 2. The highest BCUT2D eigenvalue weighted by molar-refractivity contribution is 6.21. The Kier molecular flexibility index (Phi) is 4.57. The third kappa shape index (κ3) is 2.88. The van der Waals surface area contributed by atoms with Crippen LogP contribution in [0.4, 0.5) is 0 Å². The van der Waals surface area contributed by atoms with Gasteiger partial charge in [0.25, 0.3) is 17.4 Å². The minimum atomic E-state index is -0.296. The molecule has 0 saturated carbocycles. The van der Waals surface area contributed by atoms with Crippen LogP contribution in [0.2, 0.25) is 0 Å². The molecule has 0 radical (unpaired) electrons. The highest BCUT2D eigenvalue weighted by Gasteiger charge is 2.34. The molecule has 0 atom stereocenters. The van der Waals surface area contributed by atoms with E-state index < -0.39 is 0 Å². The maximum absolute atomic E-state index is 12.4. The van der Waals surface area contributed by atoms with Gasteiger partial charge in [0.2, 0.25) is 0 Å². The molecule has 6 nitrogen and oxygen atoms in total. The second-order valence-corrected chi connectivity index (χ2v) is 5.73. The number of benzene rings is 1. The monoisotopic (exact) mass is 325 g/mol. The van der Waals surface area contributed by atoms with Gasteiger partial charge in [-0.05, 0) is 37.6 Å². The maximum Gasteiger partial charge on any atom is 0.261 e. The van der Waals surface area contributed by atoms with E-state index in [2.05, 4.69) is 0 Å². The van der Waals surface area contributed by atoms with Crippen molar-refractivity contribution in [3.63, 3.8) is 0 Å². The molecule has 24 heavy (non-hydrogen) atoms. The van der Waals surface area contributed by atoms with Gasteiger partial charge in [0, 0.05) is 24.8 Å². The third-order valence-electron chi connectivity index (χ3n) is 4.19. The van der Waals surface area contributed by atoms with E-state index in [-0.39, 0.29) is 23.9 Å². The van der Waals surface area contributed by atoms with Gasteiger partial charge in [0.1, 0.15) is 0 Å². The Labute approximate surface area is 139 Å². The lowest BCUT2D eigenvalue weighted by Crippen LogP contribution is -2.33. The van der Waals surface area contributed by atoms with Gasteiger partial charge in [-0.2, -0.15) is 0 Å². The molecule has 2 aromatic rings. The first kappa shape index (κ1) is 16.1. The summed E-state index contributed by atoms with van der Waals surface area (Å²) < 4.78 is 1.62. The Morgan fingerprint density at radius 1 is 0.875 bits per heavy atom. The number of fused-ring (bicyclic) bond motifs is 1. The van der Waals surface area contributed by atoms with E-state index in [0.29, 0.717) is 36.2 Å². The number of hydrogen-bond donors (Lipinski definition) is 1. The fraction of sp³-hybridized carbons (Fsp3) is 0.278. The van der Waals surface area contributed by atoms with Gasteiger partial charge < -0.3 is 10.3 Å². The summed E-state index contributed by atoms with van der Waals surface area (Å²) in [5, 5.41) is 0. The number of pyridine rings is 1. The molecule has 0 spiro atoms. The molecular formula is C18H19N3O3. The number of amides is 2. The molecular weight excluding hydrogens is 306 g/mol. The van der Waals surface area contributed by atoms with Crippen molar-refractivity contribution >= 4 is 11.8 Å². The molecule has 1 aromatic heterocycles. The van der Waals surface area contributed by atoms with Crippen molar-refractivity contribution in [2.75, 3.05) is 13.1 Å². The lowest BCUT2D eigenvalue weighted by atomic mass is 10.1. The Morgan fingerprint density at radius 3 is 2.17 bits per heavy atom. The van der Waals surface area contributed by atoms with Gasteiger partial charge in [0.15, 0.2) is 0 Å². The number of aryl methyl sites for hydroxylation is 1. The topological polar surface area (TPSA) is 85.4 Å². The zero-order valence-corrected chi connectivity index (χ0v) is 13.3. The molecule has 0 unspecified atom stereocenters. The molecule has 1 aliphatic rings. The Hall–Kier alpha value is -2.73. The van der Waals surface area contributed by atoms with Gasteiger partial charge in [-0.15, -0.1) is 0 Å². The van der Waals surface area contributed by atoms with Crippen molar-refractivity contribution in [1.29, 1.82) is 0 Å². The molecule has 3 rings (SSSR count). The number of hydrogen-bond acceptors (Lipinski definition) is 4. The molecule has 2 amide bonds. The van der Waals surface area contributed by atoms with Crippen LogP contribution in [-0.2, 0) is 13.0 Å². The largest absolute Gasteiger partial charge is 0.330 e. The summed E-state index contributed by atoms with van der Waals surface area (Å²) in [6.07, 6.45) is 2.79. The first-order valence-corrected chi connectivity index (χ1v) is 7.97. The molecule has 0 saturated heterocycles. The molecule has 0 aliphatic carbocycles. The predicted molar refractivity (Wildman–Crippen MR) is 89.9 cm³/mol. The van der Waals surface area contributed by atoms with Crippen LogP contribution >= 0.6 is 0 Å². The van der Waals surface area contributed by atoms with Gasteiger partial charge in [-0.3, -0.25) is 19.3 Å². The fourth-order valence-corrected chi connectivity index (χ4v) is 2.89. The Morgan fingerprint density at radius 2 is 1.54 bits per heavy atom. The number of carbonyl (C=O) groups is 2. The average molecular weight is 325 g/mol. The smallest absolute Gasteiger partial charge is 0.261 e. The SMILES string of the molecule is NCCCn1cccc(CCN2C(=O)c3ccccc3C2=O)c1=O. The summed E-state index contributed by atoms with van der Waals surface area (Å²) in [6.45, 7) is 1.28. The highest BCUT2D eigenvalue weighted by Crippen LogP contribution is 2.22. The molecule has 0 fully saturated rings. The summed E-state index contributed by atoms with van der Waals surface area (Å²) in [5.74, 6) is -0.593. The average Bonchev–Trinajstić information content (AvgIpc) is 2.84. The molecule has 1 aromatic carbocycles. The standard InChI is InChI=1S/C18H19N3O3/c19-9-4-11-20-10-3-5-13(16(20)22)8-12-21-17(23)14-6-1-2-7-15(14)18(21)24/h1-3,5-7,10H,4,8-9,11-12,19H2. The van der Waals surface area contributed by atoms with Gasteiger partial charge >= 0.3 is 0 Å². The number of aromatic nitrogens is 1. The number of rotatable bonds is 6. The first-order valence-electron chi connectivity index (χ1n) is 7.97. The van der Waals surface area contributed by atoms with Crippen molar-refractivity contribution < 1.29 is 9.59 Å². The van der Waals surface area contributed by atoms with E-state index >= 15 is 0 Å². The summed E-state index contributed by atoms with van der Waals surface area (Å²) in [5.41, 5.74) is 6.83. The minimum Gasteiger partial charge on any atom is -0.330 e. The van der Waals surface area contributed by atoms with E-state index in [1.54, 1.807) is 47.2 Å². The zero-order valence-electron chi connectivity index (χ0n) is 13.3. The summed E-state index contributed by atoms with van der Waals surface area (Å²) in [4.78, 5) is 38.3. The second-order valence-electron chi connectivity index (χ2n) is 5.73. The number of nitrogens with two attached hydrogens (primary N) is 1. The van der Waals surface area contributed by atoms with Gasteiger partial charge in [-0.25, -0.2) is 0 Å². The lowest BCUT2D eigenvalue weighted by molar-refractivity contribution is 0.0656. The summed E-state index contributed by atoms with van der Waals surface area (Å²) in [7, 11) is 0. The van der Waals surface area contributed by atoms with Gasteiger partial charge in [0.05, 0.1) is 11.1 Å². The lowest BCUT2D eigenvalue weighted by Gasteiger charge is -2.14. The summed E-state index contributed by atoms with van der Waals surface area (Å²) in [6, 6.07) is 10.3. The van der Waals surface area contributed by atoms with Crippen molar-refractivity contribution in [2.45, 2.75) is 19.4 Å². The van der Waals surface area contributed by atoms with Crippen LogP contribution < -0.4 is 11.3 Å². The summed E-state index contributed by atoms with van der Waals surface area (Å²) >= 11 is 0. The molecule has 2 heterocycles. The molecule has 6 heteroatoms. The van der Waals surface area contributed by atoms with E-state index in [4.69, 9.17) is 5.73 Å². The number of carbonyl (C=O) groups excluding carboxylic acids is 2. The van der Waals surface area contributed by atoms with Crippen molar-refractivity contribution in [2.24, 2.45) is 5.73 Å². The van der Waals surface area contributed by atoms with Crippen LogP contribution in [0.5, 0.6) is 0 Å². The second kappa shape index (κ2) is 6.80. The molecule has 0 bridgehead atoms. The minimum absolute atomic E-state index is 0.0949. The third-order valence-corrected chi connectivity index (χ3v) is 4.19. The fourth-order valence-electron chi connectivity index (χ4n) is 2.89. The van der Waals surface area contributed by atoms with Gasteiger partial charge in [-0.1, -0.05) is 18.2 Å². The quantitative estimate of drug-likeness (QED) is 0.804. The van der Waals surface area contributed by atoms with Crippen LogP contribution in [0, 0.1) is 0 Å². The van der Waals surface area contributed by atoms with E-state index in [1.807, 2.05) is 0 Å². The van der Waals surface area contributed by atoms with E-state index in [9.17, 15) is 14.4 Å². The Bertz CT molecular complexity index is 806. The highest BCUT2D eigenvalue weighted by atomic mass is 16.2. The van der Waals surface area contributed by atoms with E-state index in [1.165, 1.54) is 4.90 Å². The van der Waals surface area contributed by atoms with Crippen LogP contribution in [0.15, 0.2) is 47.4 Å². The normalized spacial score (nSPS) is 13.5. The van der Waals surface area contributed by atoms with Crippen LogP contribution in [-0.4, -0.2) is 34.4 Å². The maximum atomic E-state index is 12.4. The first-order chi connectivity index (χ1) is 11.6. The molecule has 2 N–H and O–H groups in total. The Balaban J connectivity index is 1.75. The zero-order chi connectivity index (χ0) is 17.1. The van der Waals surface area contributed by atoms with Crippen LogP contribution in [0.3, 0.4) is 0 Å². The van der Waals surface area contributed by atoms with Crippen molar-refractivity contribution in [1.82, 2.24) is 9.47 Å². The van der Waals surface area contributed by atoms with Crippen LogP contribution in [0.1, 0.15) is 32.7 Å². The molecule has 124 valence electrons. The predicted octanol–water partition coefficient (Wildman–Crippen LogP) is 1.04.